The van der Waals surface area contributed by atoms with Gasteiger partial charge in [-0.25, -0.2) is 0 Å². The van der Waals surface area contributed by atoms with Crippen LogP contribution in [0.25, 0.3) is 0 Å². The van der Waals surface area contributed by atoms with Gasteiger partial charge in [0.25, 0.3) is 0 Å². The SMILES string of the molecule is CC1CCCCCC1NC1c2cc(Cl)ccc2CC1(C)C. The zero-order valence-corrected chi connectivity index (χ0v) is 14.3. The summed E-state index contributed by atoms with van der Waals surface area (Å²) in [7, 11) is 0. The molecular weight excluding hydrogens is 278 g/mol. The van der Waals surface area contributed by atoms with Crippen LogP contribution in [-0.2, 0) is 6.42 Å². The smallest absolute Gasteiger partial charge is 0.0409 e. The highest BCUT2D eigenvalue weighted by atomic mass is 35.5. The summed E-state index contributed by atoms with van der Waals surface area (Å²) in [5.74, 6) is 0.784. The Bertz CT molecular complexity index is 508. The molecule has 0 saturated heterocycles. The van der Waals surface area contributed by atoms with E-state index in [2.05, 4.69) is 38.2 Å². The lowest BCUT2D eigenvalue weighted by Crippen LogP contribution is -2.41. The Morgan fingerprint density at radius 2 is 1.90 bits per heavy atom. The fourth-order valence-electron chi connectivity index (χ4n) is 4.28. The normalized spacial score (nSPS) is 31.7. The maximum Gasteiger partial charge on any atom is 0.0409 e. The number of benzene rings is 1. The van der Waals surface area contributed by atoms with E-state index < -0.39 is 0 Å². The number of nitrogens with one attached hydrogen (secondary N) is 1. The summed E-state index contributed by atoms with van der Waals surface area (Å²) in [5, 5.41) is 4.89. The molecule has 0 amide bonds. The molecule has 2 aliphatic rings. The summed E-state index contributed by atoms with van der Waals surface area (Å²) in [6.07, 6.45) is 8.02. The zero-order valence-electron chi connectivity index (χ0n) is 13.6. The minimum Gasteiger partial charge on any atom is -0.306 e. The Balaban J connectivity index is 1.85. The number of hydrogen-bond donors (Lipinski definition) is 1. The van der Waals surface area contributed by atoms with Crippen LogP contribution in [0, 0.1) is 11.3 Å². The van der Waals surface area contributed by atoms with Gasteiger partial charge in [-0.2, -0.15) is 0 Å². The predicted molar refractivity (Wildman–Crippen MR) is 90.9 cm³/mol. The van der Waals surface area contributed by atoms with Crippen molar-refractivity contribution in [3.05, 3.63) is 34.3 Å². The van der Waals surface area contributed by atoms with Crippen molar-refractivity contribution in [3.8, 4) is 0 Å². The molecule has 0 aromatic heterocycles. The Kier molecular flexibility index (Phi) is 4.34. The van der Waals surface area contributed by atoms with E-state index in [1.165, 1.54) is 43.2 Å². The van der Waals surface area contributed by atoms with Gasteiger partial charge in [0, 0.05) is 17.1 Å². The van der Waals surface area contributed by atoms with E-state index in [4.69, 9.17) is 11.6 Å². The summed E-state index contributed by atoms with van der Waals surface area (Å²) in [6, 6.07) is 7.54. The molecule has 2 aliphatic carbocycles. The standard InChI is InChI=1S/C19H28ClN/c1-13-7-5-4-6-8-17(13)21-18-16-11-15(20)10-9-14(16)12-19(18,2)3/h9-11,13,17-18,21H,4-8,12H2,1-3H3. The van der Waals surface area contributed by atoms with Crippen molar-refractivity contribution in [1.82, 2.24) is 5.32 Å². The molecule has 3 rings (SSSR count). The third kappa shape index (κ3) is 3.14. The van der Waals surface area contributed by atoms with E-state index in [9.17, 15) is 0 Å². The first kappa shape index (κ1) is 15.4. The zero-order chi connectivity index (χ0) is 15.0. The fourth-order valence-corrected chi connectivity index (χ4v) is 4.46. The van der Waals surface area contributed by atoms with Crippen molar-refractivity contribution in [3.63, 3.8) is 0 Å². The van der Waals surface area contributed by atoms with Gasteiger partial charge < -0.3 is 5.32 Å². The highest BCUT2D eigenvalue weighted by Crippen LogP contribution is 2.46. The number of rotatable bonds is 2. The molecule has 2 heteroatoms. The second-order valence-electron chi connectivity index (χ2n) is 7.83. The number of hydrogen-bond acceptors (Lipinski definition) is 1. The first-order valence-corrected chi connectivity index (χ1v) is 8.89. The molecule has 0 aliphatic heterocycles. The maximum absolute atomic E-state index is 6.25. The van der Waals surface area contributed by atoms with Crippen LogP contribution in [0.3, 0.4) is 0 Å². The Morgan fingerprint density at radius 1 is 1.14 bits per heavy atom. The molecule has 21 heavy (non-hydrogen) atoms. The minimum absolute atomic E-state index is 0.277. The molecule has 1 N–H and O–H groups in total. The Labute approximate surface area is 134 Å². The molecule has 1 nitrogen and oxygen atoms in total. The predicted octanol–water partition coefficient (Wildman–Crippen LogP) is 5.52. The van der Waals surface area contributed by atoms with Gasteiger partial charge in [-0.1, -0.05) is 57.7 Å². The Hall–Kier alpha value is -0.530. The topological polar surface area (TPSA) is 12.0 Å². The largest absolute Gasteiger partial charge is 0.306 e. The molecule has 0 bridgehead atoms. The van der Waals surface area contributed by atoms with Gasteiger partial charge >= 0.3 is 0 Å². The maximum atomic E-state index is 6.25. The van der Waals surface area contributed by atoms with Crippen LogP contribution < -0.4 is 5.32 Å². The molecule has 3 atom stereocenters. The number of halogens is 1. The van der Waals surface area contributed by atoms with Crippen LogP contribution in [0.2, 0.25) is 5.02 Å². The van der Waals surface area contributed by atoms with Crippen LogP contribution >= 0.6 is 11.6 Å². The molecule has 116 valence electrons. The van der Waals surface area contributed by atoms with Gasteiger partial charge in [0.05, 0.1) is 0 Å². The van der Waals surface area contributed by atoms with Crippen molar-refractivity contribution < 1.29 is 0 Å². The summed E-state index contributed by atoms with van der Waals surface area (Å²) in [5.41, 5.74) is 3.19. The van der Waals surface area contributed by atoms with Gasteiger partial charge in [0.15, 0.2) is 0 Å². The van der Waals surface area contributed by atoms with Crippen LogP contribution in [-0.4, -0.2) is 6.04 Å². The minimum atomic E-state index is 0.277. The quantitative estimate of drug-likeness (QED) is 0.709. The lowest BCUT2D eigenvalue weighted by atomic mass is 9.83. The van der Waals surface area contributed by atoms with Crippen molar-refractivity contribution in [2.24, 2.45) is 11.3 Å². The highest BCUT2D eigenvalue weighted by molar-refractivity contribution is 6.30. The third-order valence-electron chi connectivity index (χ3n) is 5.59. The summed E-state index contributed by atoms with van der Waals surface area (Å²) >= 11 is 6.25. The molecule has 0 radical (unpaired) electrons. The van der Waals surface area contributed by atoms with Gasteiger partial charge in [0.2, 0.25) is 0 Å². The first-order valence-electron chi connectivity index (χ1n) is 8.52. The van der Waals surface area contributed by atoms with Crippen molar-refractivity contribution in [1.29, 1.82) is 0 Å². The second kappa shape index (κ2) is 5.93. The van der Waals surface area contributed by atoms with Crippen molar-refractivity contribution in [2.45, 2.75) is 71.4 Å². The van der Waals surface area contributed by atoms with E-state index in [1.54, 1.807) is 0 Å². The second-order valence-corrected chi connectivity index (χ2v) is 8.27. The molecule has 0 spiro atoms. The molecule has 1 fully saturated rings. The summed E-state index contributed by atoms with van der Waals surface area (Å²) in [6.45, 7) is 7.20. The van der Waals surface area contributed by atoms with Gasteiger partial charge in [-0.05, 0) is 53.9 Å². The first-order chi connectivity index (χ1) is 9.97. The third-order valence-corrected chi connectivity index (χ3v) is 5.82. The van der Waals surface area contributed by atoms with E-state index in [-0.39, 0.29) is 5.41 Å². The van der Waals surface area contributed by atoms with Gasteiger partial charge in [-0.3, -0.25) is 0 Å². The van der Waals surface area contributed by atoms with E-state index >= 15 is 0 Å². The average molecular weight is 306 g/mol. The lowest BCUT2D eigenvalue weighted by Gasteiger charge is -2.34. The average Bonchev–Trinajstić information content (AvgIpc) is 2.56. The highest BCUT2D eigenvalue weighted by Gasteiger charge is 2.40. The molecule has 3 unspecified atom stereocenters. The lowest BCUT2D eigenvalue weighted by molar-refractivity contribution is 0.217. The van der Waals surface area contributed by atoms with E-state index in [1.807, 2.05) is 6.07 Å². The molecule has 0 heterocycles. The number of fused-ring (bicyclic) bond motifs is 1. The summed E-state index contributed by atoms with van der Waals surface area (Å²) < 4.78 is 0. The fraction of sp³-hybridized carbons (Fsp3) is 0.684. The van der Waals surface area contributed by atoms with Crippen LogP contribution in [0.1, 0.15) is 70.0 Å². The molecule has 1 aromatic rings. The van der Waals surface area contributed by atoms with Gasteiger partial charge in [0.1, 0.15) is 0 Å². The van der Waals surface area contributed by atoms with E-state index in [0.29, 0.717) is 12.1 Å². The van der Waals surface area contributed by atoms with Crippen molar-refractivity contribution >= 4 is 11.6 Å². The summed E-state index contributed by atoms with van der Waals surface area (Å²) in [4.78, 5) is 0. The molecular formula is C19H28ClN. The van der Waals surface area contributed by atoms with Gasteiger partial charge in [-0.15, -0.1) is 0 Å². The Morgan fingerprint density at radius 3 is 2.71 bits per heavy atom. The van der Waals surface area contributed by atoms with Crippen molar-refractivity contribution in [2.75, 3.05) is 0 Å². The van der Waals surface area contributed by atoms with Crippen LogP contribution in [0.4, 0.5) is 0 Å². The van der Waals surface area contributed by atoms with E-state index in [0.717, 1.165) is 17.4 Å². The molecule has 1 saturated carbocycles. The monoisotopic (exact) mass is 305 g/mol. The van der Waals surface area contributed by atoms with Crippen LogP contribution in [0.5, 0.6) is 0 Å². The molecule has 1 aromatic carbocycles. The van der Waals surface area contributed by atoms with Crippen LogP contribution in [0.15, 0.2) is 18.2 Å².